The topological polar surface area (TPSA) is 21.3 Å². The lowest BCUT2D eigenvalue weighted by atomic mass is 9.79. The van der Waals surface area contributed by atoms with Crippen LogP contribution in [-0.2, 0) is 5.41 Å². The predicted octanol–water partition coefficient (Wildman–Crippen LogP) is 3.50. The summed E-state index contributed by atoms with van der Waals surface area (Å²) < 4.78 is 5.88. The number of hydrogen-bond donors (Lipinski definition) is 1. The fourth-order valence-corrected chi connectivity index (χ4v) is 2.35. The summed E-state index contributed by atoms with van der Waals surface area (Å²) in [6.45, 7) is 6.83. The molecular formula is C16H25NO. The van der Waals surface area contributed by atoms with Crippen molar-refractivity contribution in [3.05, 3.63) is 29.8 Å². The van der Waals surface area contributed by atoms with Crippen molar-refractivity contribution in [2.75, 3.05) is 7.05 Å². The number of ether oxygens (including phenoxy) is 1. The smallest absolute Gasteiger partial charge is 0.120 e. The lowest BCUT2D eigenvalue weighted by molar-refractivity contribution is 0.301. The van der Waals surface area contributed by atoms with Gasteiger partial charge in [0, 0.05) is 6.04 Å². The molecule has 0 aliphatic heterocycles. The van der Waals surface area contributed by atoms with Gasteiger partial charge in [0.25, 0.3) is 0 Å². The molecule has 18 heavy (non-hydrogen) atoms. The van der Waals surface area contributed by atoms with Crippen molar-refractivity contribution in [1.82, 2.24) is 5.32 Å². The first-order chi connectivity index (χ1) is 8.51. The van der Waals surface area contributed by atoms with E-state index in [1.165, 1.54) is 18.4 Å². The quantitative estimate of drug-likeness (QED) is 0.830. The molecular weight excluding hydrogens is 222 g/mol. The van der Waals surface area contributed by atoms with Crippen LogP contribution in [0.1, 0.15) is 45.6 Å². The fraction of sp³-hybridized carbons (Fsp3) is 0.625. The molecule has 100 valence electrons. The van der Waals surface area contributed by atoms with Crippen LogP contribution >= 0.6 is 0 Å². The van der Waals surface area contributed by atoms with Gasteiger partial charge in [0.05, 0.1) is 6.10 Å². The molecule has 0 heterocycles. The van der Waals surface area contributed by atoms with Crippen LogP contribution in [0.25, 0.3) is 0 Å². The van der Waals surface area contributed by atoms with Crippen LogP contribution in [-0.4, -0.2) is 19.2 Å². The largest absolute Gasteiger partial charge is 0.490 e. The normalized spacial score (nSPS) is 17.6. The zero-order valence-corrected chi connectivity index (χ0v) is 12.0. The van der Waals surface area contributed by atoms with Gasteiger partial charge in [-0.2, -0.15) is 0 Å². The van der Waals surface area contributed by atoms with Crippen molar-refractivity contribution >= 4 is 0 Å². The molecule has 0 bridgehead atoms. The summed E-state index contributed by atoms with van der Waals surface area (Å²) in [7, 11) is 2.02. The molecule has 2 rings (SSSR count). The number of benzene rings is 1. The fourth-order valence-electron chi connectivity index (χ4n) is 2.35. The Bertz CT molecular complexity index is 396. The highest BCUT2D eigenvalue weighted by Crippen LogP contribution is 2.33. The number of rotatable bonds is 6. The van der Waals surface area contributed by atoms with E-state index in [0.717, 1.165) is 12.2 Å². The summed E-state index contributed by atoms with van der Waals surface area (Å²) in [4.78, 5) is 0. The van der Waals surface area contributed by atoms with Crippen LogP contribution < -0.4 is 10.1 Å². The summed E-state index contributed by atoms with van der Waals surface area (Å²) in [6, 6.07) is 9.12. The van der Waals surface area contributed by atoms with Gasteiger partial charge in [0.15, 0.2) is 0 Å². The van der Waals surface area contributed by atoms with Crippen molar-refractivity contribution in [1.29, 1.82) is 0 Å². The molecule has 1 fully saturated rings. The Balaban J connectivity index is 2.09. The first kappa shape index (κ1) is 13.4. The molecule has 1 N–H and O–H groups in total. The van der Waals surface area contributed by atoms with E-state index in [4.69, 9.17) is 4.74 Å². The van der Waals surface area contributed by atoms with Crippen molar-refractivity contribution in [2.45, 2.75) is 57.6 Å². The van der Waals surface area contributed by atoms with E-state index >= 15 is 0 Å². The van der Waals surface area contributed by atoms with Gasteiger partial charge in [-0.3, -0.25) is 0 Å². The van der Waals surface area contributed by atoms with E-state index in [1.54, 1.807) is 0 Å². The van der Waals surface area contributed by atoms with Crippen molar-refractivity contribution < 1.29 is 4.74 Å². The second-order valence-corrected chi connectivity index (χ2v) is 6.12. The molecule has 0 saturated heterocycles. The molecule has 0 aromatic heterocycles. The highest BCUT2D eigenvalue weighted by molar-refractivity contribution is 5.33. The molecule has 0 radical (unpaired) electrons. The molecule has 0 amide bonds. The summed E-state index contributed by atoms with van der Waals surface area (Å²) in [5.41, 5.74) is 1.54. The van der Waals surface area contributed by atoms with Crippen LogP contribution in [0, 0.1) is 0 Å². The molecule has 1 aromatic rings. The Labute approximate surface area is 111 Å². The van der Waals surface area contributed by atoms with Gasteiger partial charge < -0.3 is 10.1 Å². The zero-order valence-electron chi connectivity index (χ0n) is 12.0. The van der Waals surface area contributed by atoms with E-state index in [1.807, 2.05) is 7.05 Å². The Morgan fingerprint density at radius 1 is 1.39 bits per heavy atom. The monoisotopic (exact) mass is 247 g/mol. The van der Waals surface area contributed by atoms with E-state index in [0.29, 0.717) is 12.1 Å². The second-order valence-electron chi connectivity index (χ2n) is 6.12. The minimum absolute atomic E-state index is 0.172. The SMILES string of the molecule is CNC(C)CC(C)(C)c1cccc(OC2CC2)c1. The maximum Gasteiger partial charge on any atom is 0.120 e. The summed E-state index contributed by atoms with van der Waals surface area (Å²) in [5.74, 6) is 1.03. The molecule has 0 spiro atoms. The van der Waals surface area contributed by atoms with Gasteiger partial charge in [-0.1, -0.05) is 26.0 Å². The van der Waals surface area contributed by atoms with Crippen LogP contribution in [0.4, 0.5) is 0 Å². The Morgan fingerprint density at radius 3 is 2.72 bits per heavy atom. The molecule has 1 aromatic carbocycles. The molecule has 2 nitrogen and oxygen atoms in total. The van der Waals surface area contributed by atoms with E-state index in [9.17, 15) is 0 Å². The van der Waals surface area contributed by atoms with Crippen molar-refractivity contribution in [3.8, 4) is 5.75 Å². The molecule has 1 aliphatic carbocycles. The minimum atomic E-state index is 0.172. The Kier molecular flexibility index (Phi) is 3.96. The Morgan fingerprint density at radius 2 is 2.11 bits per heavy atom. The highest BCUT2D eigenvalue weighted by atomic mass is 16.5. The van der Waals surface area contributed by atoms with Crippen LogP contribution in [0.5, 0.6) is 5.75 Å². The maximum absolute atomic E-state index is 5.88. The van der Waals surface area contributed by atoms with Gasteiger partial charge in [-0.05, 0) is 56.3 Å². The van der Waals surface area contributed by atoms with Gasteiger partial charge in [-0.25, -0.2) is 0 Å². The third-order valence-electron chi connectivity index (χ3n) is 3.75. The molecule has 1 unspecified atom stereocenters. The maximum atomic E-state index is 5.88. The van der Waals surface area contributed by atoms with Crippen molar-refractivity contribution in [3.63, 3.8) is 0 Å². The predicted molar refractivity (Wildman–Crippen MR) is 76.3 cm³/mol. The summed E-state index contributed by atoms with van der Waals surface area (Å²) in [6.07, 6.45) is 4.02. The van der Waals surface area contributed by atoms with Gasteiger partial charge in [0.2, 0.25) is 0 Å². The average molecular weight is 247 g/mol. The molecule has 2 heteroatoms. The summed E-state index contributed by atoms with van der Waals surface area (Å²) >= 11 is 0. The summed E-state index contributed by atoms with van der Waals surface area (Å²) in [5, 5.41) is 3.32. The second kappa shape index (κ2) is 5.31. The Hall–Kier alpha value is -1.02. The lowest BCUT2D eigenvalue weighted by Gasteiger charge is -2.29. The lowest BCUT2D eigenvalue weighted by Crippen LogP contribution is -2.30. The van der Waals surface area contributed by atoms with Gasteiger partial charge >= 0.3 is 0 Å². The highest BCUT2D eigenvalue weighted by Gasteiger charge is 2.26. The van der Waals surface area contributed by atoms with E-state index in [2.05, 4.69) is 50.4 Å². The number of nitrogens with one attached hydrogen (secondary N) is 1. The van der Waals surface area contributed by atoms with Crippen LogP contribution in [0.3, 0.4) is 0 Å². The zero-order chi connectivity index (χ0) is 13.2. The average Bonchev–Trinajstić information content (AvgIpc) is 3.12. The van der Waals surface area contributed by atoms with E-state index in [-0.39, 0.29) is 5.41 Å². The third kappa shape index (κ3) is 3.49. The van der Waals surface area contributed by atoms with Crippen LogP contribution in [0.15, 0.2) is 24.3 Å². The molecule has 1 saturated carbocycles. The first-order valence-electron chi connectivity index (χ1n) is 6.96. The third-order valence-corrected chi connectivity index (χ3v) is 3.75. The molecule has 1 aliphatic rings. The van der Waals surface area contributed by atoms with Crippen LogP contribution in [0.2, 0.25) is 0 Å². The van der Waals surface area contributed by atoms with Gasteiger partial charge in [-0.15, -0.1) is 0 Å². The first-order valence-corrected chi connectivity index (χ1v) is 6.96. The molecule has 1 atom stereocenters. The minimum Gasteiger partial charge on any atom is -0.490 e. The van der Waals surface area contributed by atoms with E-state index < -0.39 is 0 Å². The number of hydrogen-bond acceptors (Lipinski definition) is 2. The van der Waals surface area contributed by atoms with Crippen molar-refractivity contribution in [2.24, 2.45) is 0 Å². The standard InChI is InChI=1S/C16H25NO/c1-12(17-4)11-16(2,3)13-6-5-7-15(10-13)18-14-8-9-14/h5-7,10,12,14,17H,8-9,11H2,1-4H3. The van der Waals surface area contributed by atoms with Gasteiger partial charge in [0.1, 0.15) is 5.75 Å².